The van der Waals surface area contributed by atoms with Crippen molar-refractivity contribution >= 4 is 50.7 Å². The average Bonchev–Trinajstić information content (AvgIpc) is 3.64. The number of hydrogen-bond acceptors (Lipinski definition) is 7. The van der Waals surface area contributed by atoms with Crippen molar-refractivity contribution < 1.29 is 27.5 Å². The molecule has 1 aromatic carbocycles. The zero-order valence-corrected chi connectivity index (χ0v) is 22.8. The fourth-order valence-corrected chi connectivity index (χ4v) is 5.34. The zero-order valence-electron chi connectivity index (χ0n) is 21.2. The molecule has 40 heavy (non-hydrogen) atoms. The molecule has 206 valence electrons. The number of primary amides is 1. The third-order valence-corrected chi connectivity index (χ3v) is 7.32. The smallest absolute Gasteiger partial charge is 0.291 e. The number of benzene rings is 1. The van der Waals surface area contributed by atoms with E-state index in [-0.39, 0.29) is 27.8 Å². The number of nitrogens with zero attached hydrogens (tertiary/aromatic N) is 3. The molecule has 3 N–H and O–H groups in total. The van der Waals surface area contributed by atoms with E-state index in [0.717, 1.165) is 11.3 Å². The van der Waals surface area contributed by atoms with Crippen LogP contribution < -0.4 is 15.8 Å². The summed E-state index contributed by atoms with van der Waals surface area (Å²) in [5, 5.41) is 7.91. The number of amides is 2. The van der Waals surface area contributed by atoms with Crippen LogP contribution in [0.4, 0.5) is 14.5 Å². The molecule has 13 heteroatoms. The molecule has 5 aromatic rings. The average molecular weight is 586 g/mol. The molecule has 0 aliphatic heterocycles. The van der Waals surface area contributed by atoms with Crippen LogP contribution in [-0.4, -0.2) is 26.6 Å². The monoisotopic (exact) mass is 585 g/mol. The molecule has 0 atom stereocenters. The fourth-order valence-electron chi connectivity index (χ4n) is 4.14. The van der Waals surface area contributed by atoms with E-state index in [1.165, 1.54) is 12.1 Å². The van der Waals surface area contributed by atoms with Crippen molar-refractivity contribution in [2.75, 3.05) is 5.32 Å². The second-order valence-electron chi connectivity index (χ2n) is 8.70. The van der Waals surface area contributed by atoms with Crippen molar-refractivity contribution in [3.05, 3.63) is 81.5 Å². The summed E-state index contributed by atoms with van der Waals surface area (Å²) >= 11 is 6.79. The minimum Gasteiger partial charge on any atom is -0.486 e. The maximum absolute atomic E-state index is 13.8. The van der Waals surface area contributed by atoms with Gasteiger partial charge in [0, 0.05) is 28.7 Å². The van der Waals surface area contributed by atoms with Gasteiger partial charge in [0.25, 0.3) is 18.2 Å². The van der Waals surface area contributed by atoms with E-state index in [1.54, 1.807) is 48.1 Å². The van der Waals surface area contributed by atoms with E-state index in [4.69, 9.17) is 26.5 Å². The van der Waals surface area contributed by atoms with E-state index >= 15 is 0 Å². The van der Waals surface area contributed by atoms with E-state index < -0.39 is 23.9 Å². The Morgan fingerprint density at radius 1 is 1.23 bits per heavy atom. The van der Waals surface area contributed by atoms with Gasteiger partial charge < -0.3 is 20.2 Å². The number of carbonyl (C=O) groups excluding carboxylic acids is 2. The summed E-state index contributed by atoms with van der Waals surface area (Å²) in [6.07, 6.45) is -1.15. The van der Waals surface area contributed by atoms with Gasteiger partial charge in [0.15, 0.2) is 5.76 Å². The summed E-state index contributed by atoms with van der Waals surface area (Å²) in [6.45, 7) is 4.22. The van der Waals surface area contributed by atoms with Crippen LogP contribution >= 0.6 is 22.9 Å². The molecule has 0 bridgehead atoms. The Labute approximate surface area is 235 Å². The van der Waals surface area contributed by atoms with Crippen LogP contribution in [0.2, 0.25) is 5.02 Å². The lowest BCUT2D eigenvalue weighted by molar-refractivity contribution is 0.0992. The number of nitrogens with one attached hydrogen (secondary N) is 1. The van der Waals surface area contributed by atoms with Gasteiger partial charge in [0.2, 0.25) is 0 Å². The number of anilines is 1. The molecule has 4 aromatic heterocycles. The summed E-state index contributed by atoms with van der Waals surface area (Å²) in [5.74, 6) is -0.703. The van der Waals surface area contributed by atoms with Gasteiger partial charge in [0.05, 0.1) is 11.4 Å². The van der Waals surface area contributed by atoms with Gasteiger partial charge in [0.1, 0.15) is 33.5 Å². The third kappa shape index (κ3) is 5.40. The Kier molecular flexibility index (Phi) is 7.55. The zero-order chi connectivity index (χ0) is 28.6. The Morgan fingerprint density at radius 3 is 2.70 bits per heavy atom. The van der Waals surface area contributed by atoms with E-state index in [0.29, 0.717) is 45.3 Å². The Bertz CT molecular complexity index is 1750. The van der Waals surface area contributed by atoms with E-state index in [2.05, 4.69) is 15.4 Å². The molecular formula is C27H22ClF2N5O4S. The van der Waals surface area contributed by atoms with Crippen molar-refractivity contribution in [2.45, 2.75) is 33.4 Å². The van der Waals surface area contributed by atoms with Crippen molar-refractivity contribution in [3.63, 3.8) is 0 Å². The minimum absolute atomic E-state index is 0.0344. The molecule has 0 aliphatic carbocycles. The number of fused-ring (bicyclic) bond motifs is 1. The molecule has 9 nitrogen and oxygen atoms in total. The summed E-state index contributed by atoms with van der Waals surface area (Å²) in [4.78, 5) is 29.8. The SMILES string of the molecule is CCn1cc(-c2cc(C(F)F)nc3sc(C(N)=O)c(NC(=O)c4ccc(COc5cccc(Cl)c5)o4)c23)c(C)n1. The quantitative estimate of drug-likeness (QED) is 0.201. The molecule has 0 radical (unpaired) electrons. The highest BCUT2D eigenvalue weighted by Crippen LogP contribution is 2.43. The lowest BCUT2D eigenvalue weighted by atomic mass is 10.0. The van der Waals surface area contributed by atoms with Crippen molar-refractivity contribution in [1.82, 2.24) is 14.8 Å². The van der Waals surface area contributed by atoms with Crippen LogP contribution in [0.5, 0.6) is 5.75 Å². The first kappa shape index (κ1) is 27.3. The molecule has 0 saturated carbocycles. The first-order chi connectivity index (χ1) is 19.1. The second-order valence-corrected chi connectivity index (χ2v) is 10.1. The Morgan fingerprint density at radius 2 is 2.02 bits per heavy atom. The maximum Gasteiger partial charge on any atom is 0.291 e. The molecular weight excluding hydrogens is 564 g/mol. The summed E-state index contributed by atoms with van der Waals surface area (Å²) in [7, 11) is 0. The van der Waals surface area contributed by atoms with Gasteiger partial charge in [-0.2, -0.15) is 5.10 Å². The van der Waals surface area contributed by atoms with Crippen LogP contribution in [0.15, 0.2) is 53.1 Å². The largest absolute Gasteiger partial charge is 0.486 e. The topological polar surface area (TPSA) is 125 Å². The summed E-state index contributed by atoms with van der Waals surface area (Å²) in [6, 6.07) is 11.1. The number of thiophene rings is 1. The molecule has 0 fully saturated rings. The van der Waals surface area contributed by atoms with Crippen LogP contribution in [-0.2, 0) is 13.2 Å². The lowest BCUT2D eigenvalue weighted by Crippen LogP contribution is -2.16. The van der Waals surface area contributed by atoms with Gasteiger partial charge in [-0.1, -0.05) is 17.7 Å². The van der Waals surface area contributed by atoms with Crippen LogP contribution in [0.3, 0.4) is 0 Å². The van der Waals surface area contributed by atoms with Crippen LogP contribution in [0.25, 0.3) is 21.3 Å². The predicted octanol–water partition coefficient (Wildman–Crippen LogP) is 6.60. The highest BCUT2D eigenvalue weighted by molar-refractivity contribution is 7.21. The number of aromatic nitrogens is 3. The highest BCUT2D eigenvalue weighted by Gasteiger charge is 2.27. The van der Waals surface area contributed by atoms with Crippen LogP contribution in [0.1, 0.15) is 50.7 Å². The van der Waals surface area contributed by atoms with E-state index in [9.17, 15) is 18.4 Å². The maximum atomic E-state index is 13.8. The standard InChI is InChI=1S/C27H22ClF2N5O4S/c1-3-35-11-18(13(2)34-35)17-10-19(24(29)30)32-27-21(17)22(23(40-27)25(31)36)33-26(37)20-8-7-16(39-20)12-38-15-6-4-5-14(28)9-15/h4-11,24H,3,12H2,1-2H3,(H2,31,36)(H,33,37). The van der Waals surface area contributed by atoms with Gasteiger partial charge in [-0.3, -0.25) is 14.3 Å². The normalized spacial score (nSPS) is 11.3. The van der Waals surface area contributed by atoms with Crippen molar-refractivity contribution in [3.8, 4) is 16.9 Å². The third-order valence-electron chi connectivity index (χ3n) is 5.99. The number of halogens is 3. The molecule has 0 spiro atoms. The first-order valence-electron chi connectivity index (χ1n) is 12.0. The van der Waals surface area contributed by atoms with Crippen LogP contribution in [0, 0.1) is 6.92 Å². The number of nitrogens with two attached hydrogens (primary N) is 1. The number of furan rings is 1. The molecule has 4 heterocycles. The molecule has 5 rings (SSSR count). The number of rotatable bonds is 9. The molecule has 0 unspecified atom stereocenters. The second kappa shape index (κ2) is 11.1. The number of ether oxygens (including phenoxy) is 1. The van der Waals surface area contributed by atoms with Gasteiger partial charge in [-0.25, -0.2) is 13.8 Å². The first-order valence-corrected chi connectivity index (χ1v) is 13.2. The summed E-state index contributed by atoms with van der Waals surface area (Å²) in [5.41, 5.74) is 6.67. The van der Waals surface area contributed by atoms with E-state index in [1.807, 2.05) is 6.92 Å². The molecule has 0 saturated heterocycles. The van der Waals surface area contributed by atoms with Gasteiger partial charge in [-0.05, 0) is 55.8 Å². The number of pyridine rings is 1. The predicted molar refractivity (Wildman–Crippen MR) is 147 cm³/mol. The lowest BCUT2D eigenvalue weighted by Gasteiger charge is -2.10. The molecule has 0 aliphatic rings. The number of aryl methyl sites for hydroxylation is 2. The minimum atomic E-state index is -2.86. The molecule has 2 amide bonds. The fraction of sp³-hybridized carbons (Fsp3) is 0.185. The Balaban J connectivity index is 1.52. The number of alkyl halides is 2. The van der Waals surface area contributed by atoms with Crippen molar-refractivity contribution in [2.24, 2.45) is 5.73 Å². The van der Waals surface area contributed by atoms with Crippen molar-refractivity contribution in [1.29, 1.82) is 0 Å². The highest BCUT2D eigenvalue weighted by atomic mass is 35.5. The Hall–Kier alpha value is -4.29. The van der Waals surface area contributed by atoms with Gasteiger partial charge in [-0.15, -0.1) is 11.3 Å². The summed E-state index contributed by atoms with van der Waals surface area (Å²) < 4.78 is 40.5. The van der Waals surface area contributed by atoms with Gasteiger partial charge >= 0.3 is 0 Å². The number of carbonyl (C=O) groups is 2. The number of hydrogen-bond donors (Lipinski definition) is 2.